The first kappa shape index (κ1) is 19.8. The average molecular weight is 394 g/mol. The number of aliphatic carboxylic acids is 1. The number of carboxylic acid groups (broad SMARTS) is 1. The van der Waals surface area contributed by atoms with Gasteiger partial charge in [-0.05, 0) is 31.7 Å². The summed E-state index contributed by atoms with van der Waals surface area (Å²) >= 11 is 0. The van der Waals surface area contributed by atoms with E-state index in [-0.39, 0.29) is 24.2 Å². The highest BCUT2D eigenvalue weighted by atomic mass is 32.2. The van der Waals surface area contributed by atoms with Gasteiger partial charge >= 0.3 is 5.97 Å². The predicted octanol–water partition coefficient (Wildman–Crippen LogP) is 1.55. The quantitative estimate of drug-likeness (QED) is 0.818. The number of likely N-dealkylation sites (tertiary alicyclic amines) is 1. The first-order chi connectivity index (χ1) is 12.8. The SMILES string of the molecule is CC1C(C(=O)O)CCN1C(=O)C1CCCN(S(=O)(=O)Cc2ccccc2)C1. The minimum atomic E-state index is -3.50. The molecule has 7 nitrogen and oxygen atoms in total. The third-order valence-corrected chi connectivity index (χ3v) is 7.49. The summed E-state index contributed by atoms with van der Waals surface area (Å²) < 4.78 is 27.0. The van der Waals surface area contributed by atoms with Gasteiger partial charge in [-0.3, -0.25) is 9.59 Å². The highest BCUT2D eigenvalue weighted by Gasteiger charge is 2.42. The van der Waals surface area contributed by atoms with Crippen LogP contribution in [0.15, 0.2) is 30.3 Å². The monoisotopic (exact) mass is 394 g/mol. The first-order valence-corrected chi connectivity index (χ1v) is 11.0. The van der Waals surface area contributed by atoms with E-state index in [1.54, 1.807) is 36.1 Å². The van der Waals surface area contributed by atoms with Crippen molar-refractivity contribution in [2.75, 3.05) is 19.6 Å². The lowest BCUT2D eigenvalue weighted by molar-refractivity contribution is -0.143. The van der Waals surface area contributed by atoms with Crippen molar-refractivity contribution in [1.82, 2.24) is 9.21 Å². The Morgan fingerprint density at radius 1 is 1.15 bits per heavy atom. The number of carboxylic acids is 1. The predicted molar refractivity (Wildman–Crippen MR) is 100 cm³/mol. The summed E-state index contributed by atoms with van der Waals surface area (Å²) in [5.74, 6) is -2.02. The van der Waals surface area contributed by atoms with E-state index in [4.69, 9.17) is 0 Å². The maximum absolute atomic E-state index is 12.9. The first-order valence-electron chi connectivity index (χ1n) is 9.34. The summed E-state index contributed by atoms with van der Waals surface area (Å²) in [4.78, 5) is 25.8. The van der Waals surface area contributed by atoms with Crippen molar-refractivity contribution in [3.63, 3.8) is 0 Å². The molecule has 0 aliphatic carbocycles. The number of amides is 1. The van der Waals surface area contributed by atoms with E-state index in [2.05, 4.69) is 0 Å². The lowest BCUT2D eigenvalue weighted by atomic mass is 9.97. The van der Waals surface area contributed by atoms with Gasteiger partial charge in [0, 0.05) is 25.7 Å². The third kappa shape index (κ3) is 4.32. The second kappa shape index (κ2) is 7.98. The summed E-state index contributed by atoms with van der Waals surface area (Å²) in [5, 5.41) is 9.26. The maximum atomic E-state index is 12.9. The highest BCUT2D eigenvalue weighted by Crippen LogP contribution is 2.29. The largest absolute Gasteiger partial charge is 0.481 e. The molecule has 0 radical (unpaired) electrons. The standard InChI is InChI=1S/C19H26N2O5S/c1-14-17(19(23)24)9-11-21(14)18(22)16-8-5-10-20(12-16)27(25,26)13-15-6-3-2-4-7-15/h2-4,6-7,14,16-17H,5,8-13H2,1H3,(H,23,24). The molecule has 148 valence electrons. The maximum Gasteiger partial charge on any atom is 0.308 e. The molecule has 1 amide bonds. The van der Waals surface area contributed by atoms with Crippen molar-refractivity contribution in [1.29, 1.82) is 0 Å². The van der Waals surface area contributed by atoms with Crippen molar-refractivity contribution >= 4 is 21.9 Å². The molecule has 1 N–H and O–H groups in total. The van der Waals surface area contributed by atoms with Gasteiger partial charge in [0.1, 0.15) is 0 Å². The molecule has 1 aromatic carbocycles. The molecule has 3 unspecified atom stereocenters. The number of rotatable bonds is 5. The van der Waals surface area contributed by atoms with Gasteiger partial charge in [-0.2, -0.15) is 0 Å². The molecule has 0 aromatic heterocycles. The van der Waals surface area contributed by atoms with Crippen LogP contribution >= 0.6 is 0 Å². The van der Waals surface area contributed by atoms with Crippen LogP contribution in [0.3, 0.4) is 0 Å². The smallest absolute Gasteiger partial charge is 0.308 e. The lowest BCUT2D eigenvalue weighted by Gasteiger charge is -2.34. The number of sulfonamides is 1. The molecule has 3 rings (SSSR count). The van der Waals surface area contributed by atoms with Gasteiger partial charge in [-0.25, -0.2) is 12.7 Å². The van der Waals surface area contributed by atoms with E-state index in [1.807, 2.05) is 6.07 Å². The van der Waals surface area contributed by atoms with Crippen LogP contribution in [0.25, 0.3) is 0 Å². The zero-order chi connectivity index (χ0) is 19.6. The Kier molecular flexibility index (Phi) is 5.86. The second-order valence-electron chi connectivity index (χ2n) is 7.44. The van der Waals surface area contributed by atoms with Crippen LogP contribution < -0.4 is 0 Å². The number of benzene rings is 1. The number of piperidine rings is 1. The van der Waals surface area contributed by atoms with Crippen LogP contribution in [0.4, 0.5) is 0 Å². The van der Waals surface area contributed by atoms with E-state index in [0.717, 1.165) is 5.56 Å². The van der Waals surface area contributed by atoms with Crippen LogP contribution in [0, 0.1) is 11.8 Å². The average Bonchev–Trinajstić information content (AvgIpc) is 3.03. The molecule has 0 spiro atoms. The van der Waals surface area contributed by atoms with Gasteiger partial charge in [0.15, 0.2) is 0 Å². The number of hydrogen-bond donors (Lipinski definition) is 1. The number of hydrogen-bond acceptors (Lipinski definition) is 4. The highest BCUT2D eigenvalue weighted by molar-refractivity contribution is 7.88. The molecular formula is C19H26N2O5S. The van der Waals surface area contributed by atoms with Crippen molar-refractivity contribution in [3.8, 4) is 0 Å². The molecule has 0 bridgehead atoms. The minimum Gasteiger partial charge on any atom is -0.481 e. The van der Waals surface area contributed by atoms with Gasteiger partial charge in [0.05, 0.1) is 17.6 Å². The van der Waals surface area contributed by atoms with E-state index in [9.17, 15) is 23.1 Å². The molecule has 27 heavy (non-hydrogen) atoms. The van der Waals surface area contributed by atoms with Gasteiger partial charge in [-0.1, -0.05) is 30.3 Å². The Morgan fingerprint density at radius 2 is 1.85 bits per heavy atom. The number of carbonyl (C=O) groups is 2. The Labute approximate surface area is 160 Å². The molecule has 1 aromatic rings. The van der Waals surface area contributed by atoms with Crippen molar-refractivity contribution in [3.05, 3.63) is 35.9 Å². The second-order valence-corrected chi connectivity index (χ2v) is 9.41. The number of carbonyl (C=O) groups excluding carboxylic acids is 1. The van der Waals surface area contributed by atoms with Crippen LogP contribution in [-0.2, 0) is 25.4 Å². The van der Waals surface area contributed by atoms with E-state index in [1.165, 1.54) is 4.31 Å². The summed E-state index contributed by atoms with van der Waals surface area (Å²) in [6.45, 7) is 2.78. The molecular weight excluding hydrogens is 368 g/mol. The van der Waals surface area contributed by atoms with Crippen LogP contribution in [-0.4, -0.2) is 60.3 Å². The number of nitrogens with zero attached hydrogens (tertiary/aromatic N) is 2. The zero-order valence-electron chi connectivity index (χ0n) is 15.5. The summed E-state index contributed by atoms with van der Waals surface area (Å²) in [5.41, 5.74) is 0.725. The van der Waals surface area contributed by atoms with Gasteiger partial charge in [0.2, 0.25) is 15.9 Å². The van der Waals surface area contributed by atoms with Gasteiger partial charge < -0.3 is 10.0 Å². The normalized spacial score (nSPS) is 26.9. The van der Waals surface area contributed by atoms with Crippen LogP contribution in [0.1, 0.15) is 31.7 Å². The molecule has 3 atom stereocenters. The zero-order valence-corrected chi connectivity index (χ0v) is 16.3. The van der Waals surface area contributed by atoms with Crippen LogP contribution in [0.5, 0.6) is 0 Å². The molecule has 2 fully saturated rings. The van der Waals surface area contributed by atoms with Crippen molar-refractivity contribution in [2.24, 2.45) is 11.8 Å². The van der Waals surface area contributed by atoms with Crippen molar-refractivity contribution in [2.45, 2.75) is 38.0 Å². The van der Waals surface area contributed by atoms with E-state index >= 15 is 0 Å². The molecule has 2 aliphatic rings. The van der Waals surface area contributed by atoms with Crippen LogP contribution in [0.2, 0.25) is 0 Å². The summed E-state index contributed by atoms with van der Waals surface area (Å²) in [7, 11) is -3.50. The molecule has 8 heteroatoms. The fraction of sp³-hybridized carbons (Fsp3) is 0.579. The molecule has 2 heterocycles. The topological polar surface area (TPSA) is 95.0 Å². The fourth-order valence-corrected chi connectivity index (χ4v) is 5.70. The molecule has 2 aliphatic heterocycles. The molecule has 2 saturated heterocycles. The Bertz CT molecular complexity index is 796. The summed E-state index contributed by atoms with van der Waals surface area (Å²) in [6, 6.07) is 8.66. The third-order valence-electron chi connectivity index (χ3n) is 5.67. The van der Waals surface area contributed by atoms with Crippen molar-refractivity contribution < 1.29 is 23.1 Å². The molecule has 0 saturated carbocycles. The van der Waals surface area contributed by atoms with Gasteiger partial charge in [0.25, 0.3) is 0 Å². The van der Waals surface area contributed by atoms with Gasteiger partial charge in [-0.15, -0.1) is 0 Å². The van der Waals surface area contributed by atoms with E-state index in [0.29, 0.717) is 32.4 Å². The fourth-order valence-electron chi connectivity index (χ4n) is 4.09. The summed E-state index contributed by atoms with van der Waals surface area (Å²) in [6.07, 6.45) is 1.72. The Morgan fingerprint density at radius 3 is 2.48 bits per heavy atom. The Balaban J connectivity index is 1.67. The lowest BCUT2D eigenvalue weighted by Crippen LogP contribution is -2.48. The minimum absolute atomic E-state index is 0.0735. The Hall–Kier alpha value is -1.93. The van der Waals surface area contributed by atoms with E-state index < -0.39 is 27.8 Å².